The maximum absolute atomic E-state index is 12.5. The molecule has 0 unspecified atom stereocenters. The van der Waals surface area contributed by atoms with Crippen molar-refractivity contribution in [3.63, 3.8) is 0 Å². The van der Waals surface area contributed by atoms with Gasteiger partial charge in [-0.3, -0.25) is 4.79 Å². The number of ether oxygens (including phenoxy) is 2. The first-order chi connectivity index (χ1) is 13.5. The Labute approximate surface area is 177 Å². The van der Waals surface area contributed by atoms with Crippen LogP contribution in [0.15, 0.2) is 22.7 Å². The zero-order valence-electron chi connectivity index (χ0n) is 16.1. The van der Waals surface area contributed by atoms with Crippen LogP contribution in [0.5, 0.6) is 5.75 Å². The Balaban J connectivity index is 1.73. The van der Waals surface area contributed by atoms with E-state index >= 15 is 0 Å². The van der Waals surface area contributed by atoms with Crippen LogP contribution in [0.3, 0.4) is 0 Å². The number of hydrogen-bond acceptors (Lipinski definition) is 5. The lowest BCUT2D eigenvalue weighted by Crippen LogP contribution is -2.21. The molecule has 2 aromatic rings. The van der Waals surface area contributed by atoms with Gasteiger partial charge in [-0.15, -0.1) is 11.3 Å². The van der Waals surface area contributed by atoms with E-state index in [0.29, 0.717) is 22.9 Å². The minimum absolute atomic E-state index is 0.112. The Hall–Kier alpha value is -1.86. The molecule has 5 nitrogen and oxygen atoms in total. The van der Waals surface area contributed by atoms with Gasteiger partial charge in [0.15, 0.2) is 6.61 Å². The number of esters is 1. The SMILES string of the molecule is CCOC(=O)c1c(NC(=O)COc2ccc(Br)cc2CC)sc2c1CCCC2. The molecule has 1 N–H and O–H groups in total. The van der Waals surface area contributed by atoms with Gasteiger partial charge in [0.25, 0.3) is 5.91 Å². The van der Waals surface area contributed by atoms with Crippen molar-refractivity contribution >= 4 is 44.1 Å². The molecule has 1 aliphatic carbocycles. The first-order valence-electron chi connectivity index (χ1n) is 9.56. The van der Waals surface area contributed by atoms with Crippen molar-refractivity contribution in [1.82, 2.24) is 0 Å². The molecule has 0 saturated carbocycles. The zero-order chi connectivity index (χ0) is 20.1. The molecule has 3 rings (SSSR count). The van der Waals surface area contributed by atoms with Crippen LogP contribution in [0.25, 0.3) is 0 Å². The summed E-state index contributed by atoms with van der Waals surface area (Å²) in [5.41, 5.74) is 2.58. The number of benzene rings is 1. The number of halogens is 1. The molecule has 1 aliphatic rings. The molecule has 0 aliphatic heterocycles. The highest BCUT2D eigenvalue weighted by atomic mass is 79.9. The summed E-state index contributed by atoms with van der Waals surface area (Å²) in [5.74, 6) is 0.0466. The lowest BCUT2D eigenvalue weighted by molar-refractivity contribution is -0.118. The fourth-order valence-corrected chi connectivity index (χ4v) is 5.05. The van der Waals surface area contributed by atoms with Crippen molar-refractivity contribution in [3.8, 4) is 5.75 Å². The second kappa shape index (κ2) is 9.56. The van der Waals surface area contributed by atoms with Crippen molar-refractivity contribution in [3.05, 3.63) is 44.2 Å². The van der Waals surface area contributed by atoms with Crippen LogP contribution in [-0.2, 0) is 28.8 Å². The summed E-state index contributed by atoms with van der Waals surface area (Å²) >= 11 is 4.93. The van der Waals surface area contributed by atoms with E-state index in [1.165, 1.54) is 16.2 Å². The molecule has 0 spiro atoms. The largest absolute Gasteiger partial charge is 0.483 e. The van der Waals surface area contributed by atoms with Crippen molar-refractivity contribution in [1.29, 1.82) is 0 Å². The predicted molar refractivity (Wildman–Crippen MR) is 115 cm³/mol. The molecule has 28 heavy (non-hydrogen) atoms. The smallest absolute Gasteiger partial charge is 0.341 e. The molecule has 150 valence electrons. The third kappa shape index (κ3) is 4.75. The fraction of sp³-hybridized carbons (Fsp3) is 0.429. The van der Waals surface area contributed by atoms with Crippen LogP contribution in [0.4, 0.5) is 5.00 Å². The van der Waals surface area contributed by atoms with Crippen LogP contribution in [0.1, 0.15) is 53.1 Å². The third-order valence-corrected chi connectivity index (χ3v) is 6.37. The van der Waals surface area contributed by atoms with Gasteiger partial charge in [-0.1, -0.05) is 22.9 Å². The van der Waals surface area contributed by atoms with E-state index in [2.05, 4.69) is 21.2 Å². The summed E-state index contributed by atoms with van der Waals surface area (Å²) < 4.78 is 11.9. The standard InChI is InChI=1S/C21H24BrNO4S/c1-3-13-11-14(22)9-10-16(13)27-12-18(24)23-20-19(21(25)26-4-2)15-7-5-6-8-17(15)28-20/h9-11H,3-8,12H2,1-2H3,(H,23,24). The van der Waals surface area contributed by atoms with Crippen molar-refractivity contribution in [2.75, 3.05) is 18.5 Å². The minimum atomic E-state index is -0.362. The number of carbonyl (C=O) groups excluding carboxylic acids is 2. The monoisotopic (exact) mass is 465 g/mol. The third-order valence-electron chi connectivity index (χ3n) is 4.67. The highest BCUT2D eigenvalue weighted by Crippen LogP contribution is 2.38. The van der Waals surface area contributed by atoms with Gasteiger partial charge in [0.05, 0.1) is 12.2 Å². The van der Waals surface area contributed by atoms with Crippen LogP contribution in [-0.4, -0.2) is 25.1 Å². The van der Waals surface area contributed by atoms with E-state index in [9.17, 15) is 9.59 Å². The van der Waals surface area contributed by atoms with Gasteiger partial charge in [-0.2, -0.15) is 0 Å². The number of fused-ring (bicyclic) bond motifs is 1. The Morgan fingerprint density at radius 2 is 2.00 bits per heavy atom. The van der Waals surface area contributed by atoms with Gasteiger partial charge >= 0.3 is 5.97 Å². The van der Waals surface area contributed by atoms with Crippen LogP contribution in [0.2, 0.25) is 0 Å². The molecule has 1 aromatic carbocycles. The van der Waals surface area contributed by atoms with Crippen molar-refractivity contribution in [2.24, 2.45) is 0 Å². The maximum atomic E-state index is 12.5. The van der Waals surface area contributed by atoms with Crippen molar-refractivity contribution < 1.29 is 19.1 Å². The number of amides is 1. The Morgan fingerprint density at radius 3 is 2.75 bits per heavy atom. The summed E-state index contributed by atoms with van der Waals surface area (Å²) in [6.45, 7) is 4.02. The lowest BCUT2D eigenvalue weighted by Gasteiger charge is -2.13. The zero-order valence-corrected chi connectivity index (χ0v) is 18.5. The van der Waals surface area contributed by atoms with Crippen LogP contribution in [0, 0.1) is 0 Å². The van der Waals surface area contributed by atoms with E-state index in [4.69, 9.17) is 9.47 Å². The molecule has 0 saturated heterocycles. The molecule has 0 atom stereocenters. The molecular formula is C21H24BrNO4S. The first-order valence-corrected chi connectivity index (χ1v) is 11.2. The Kier molecular flexibility index (Phi) is 7.13. The average molecular weight is 466 g/mol. The number of thiophene rings is 1. The normalized spacial score (nSPS) is 13.0. The van der Waals surface area contributed by atoms with Crippen molar-refractivity contribution in [2.45, 2.75) is 46.0 Å². The molecular weight excluding hydrogens is 442 g/mol. The van der Waals surface area contributed by atoms with Crippen LogP contribution >= 0.6 is 27.3 Å². The van der Waals surface area contributed by atoms with E-state index in [1.807, 2.05) is 25.1 Å². The van der Waals surface area contributed by atoms with Crippen LogP contribution < -0.4 is 10.1 Å². The molecule has 0 fully saturated rings. The minimum Gasteiger partial charge on any atom is -0.483 e. The van der Waals surface area contributed by atoms with E-state index in [0.717, 1.165) is 47.7 Å². The molecule has 1 amide bonds. The Morgan fingerprint density at radius 1 is 1.21 bits per heavy atom. The van der Waals surface area contributed by atoms with E-state index in [1.54, 1.807) is 6.92 Å². The summed E-state index contributed by atoms with van der Waals surface area (Å²) in [6, 6.07) is 5.72. The predicted octanol–water partition coefficient (Wildman–Crippen LogP) is 5.15. The summed E-state index contributed by atoms with van der Waals surface area (Å²) in [4.78, 5) is 26.2. The summed E-state index contributed by atoms with van der Waals surface area (Å²) in [5, 5.41) is 3.45. The second-order valence-corrected chi connectivity index (χ2v) is 8.60. The lowest BCUT2D eigenvalue weighted by atomic mass is 9.95. The highest BCUT2D eigenvalue weighted by Gasteiger charge is 2.27. The number of anilines is 1. The Bertz CT molecular complexity index is 878. The molecule has 0 bridgehead atoms. The number of hydrogen-bond donors (Lipinski definition) is 1. The first kappa shape index (κ1) is 20.9. The average Bonchev–Trinajstić information content (AvgIpc) is 3.04. The molecule has 0 radical (unpaired) electrons. The van der Waals surface area contributed by atoms with Gasteiger partial charge in [0, 0.05) is 9.35 Å². The van der Waals surface area contributed by atoms with Gasteiger partial charge in [0.2, 0.25) is 0 Å². The summed E-state index contributed by atoms with van der Waals surface area (Å²) in [6.07, 6.45) is 4.76. The summed E-state index contributed by atoms with van der Waals surface area (Å²) in [7, 11) is 0. The van der Waals surface area contributed by atoms with E-state index in [-0.39, 0.29) is 18.5 Å². The number of carbonyl (C=O) groups is 2. The number of aryl methyl sites for hydroxylation is 2. The highest BCUT2D eigenvalue weighted by molar-refractivity contribution is 9.10. The van der Waals surface area contributed by atoms with E-state index < -0.39 is 0 Å². The van der Waals surface area contributed by atoms with Gasteiger partial charge in [-0.25, -0.2) is 4.79 Å². The van der Waals surface area contributed by atoms with Gasteiger partial charge in [0.1, 0.15) is 10.8 Å². The fourth-order valence-electron chi connectivity index (χ4n) is 3.34. The molecule has 7 heteroatoms. The molecule has 1 heterocycles. The number of nitrogens with one attached hydrogen (secondary N) is 1. The number of rotatable bonds is 7. The molecule has 1 aromatic heterocycles. The van der Waals surface area contributed by atoms with Gasteiger partial charge < -0.3 is 14.8 Å². The maximum Gasteiger partial charge on any atom is 0.341 e. The quantitative estimate of drug-likeness (QED) is 0.574. The topological polar surface area (TPSA) is 64.6 Å². The second-order valence-electron chi connectivity index (χ2n) is 6.58. The van der Waals surface area contributed by atoms with Gasteiger partial charge in [-0.05, 0) is 68.4 Å².